The van der Waals surface area contributed by atoms with Gasteiger partial charge in [-0.15, -0.1) is 0 Å². The summed E-state index contributed by atoms with van der Waals surface area (Å²) in [6.45, 7) is 2.33. The van der Waals surface area contributed by atoms with Crippen molar-refractivity contribution in [2.75, 3.05) is 0 Å². The van der Waals surface area contributed by atoms with Gasteiger partial charge in [0.25, 0.3) is 5.91 Å². The lowest BCUT2D eigenvalue weighted by Gasteiger charge is -2.37. The Labute approximate surface area is 221 Å². The molecule has 1 unspecified atom stereocenters. The molecule has 6 heteroatoms. The lowest BCUT2D eigenvalue weighted by atomic mass is 9.68. The Hall–Kier alpha value is -4.19. The van der Waals surface area contributed by atoms with E-state index in [9.17, 15) is 14.3 Å². The summed E-state index contributed by atoms with van der Waals surface area (Å²) in [5, 5.41) is 18.1. The van der Waals surface area contributed by atoms with Gasteiger partial charge < -0.3 is 10.4 Å². The molecule has 1 saturated carbocycles. The van der Waals surface area contributed by atoms with Crippen molar-refractivity contribution in [1.82, 2.24) is 15.1 Å². The van der Waals surface area contributed by atoms with Gasteiger partial charge in [-0.1, -0.05) is 55.0 Å². The fourth-order valence-electron chi connectivity index (χ4n) is 6.25. The summed E-state index contributed by atoms with van der Waals surface area (Å²) < 4.78 is 15.4. The number of aromatic nitrogens is 2. The number of phenolic OH excluding ortho intramolecular Hbond substituents is 1. The predicted molar refractivity (Wildman–Crippen MR) is 145 cm³/mol. The van der Waals surface area contributed by atoms with Gasteiger partial charge in [-0.25, -0.2) is 9.07 Å². The van der Waals surface area contributed by atoms with E-state index in [1.807, 2.05) is 29.1 Å². The molecule has 3 atom stereocenters. The number of para-hydroxylation sites is 1. The van der Waals surface area contributed by atoms with Crippen molar-refractivity contribution >= 4 is 12.0 Å². The predicted octanol–water partition coefficient (Wildman–Crippen LogP) is 6.63. The molecular weight excluding hydrogens is 477 g/mol. The van der Waals surface area contributed by atoms with E-state index in [1.54, 1.807) is 30.3 Å². The van der Waals surface area contributed by atoms with Gasteiger partial charge in [0, 0.05) is 0 Å². The average Bonchev–Trinajstić information content (AvgIpc) is 3.47. The highest BCUT2D eigenvalue weighted by Crippen LogP contribution is 2.55. The molecule has 2 N–H and O–H groups in total. The number of nitrogens with zero attached hydrogens (tertiary/aromatic N) is 2. The number of benzene rings is 3. The Morgan fingerprint density at radius 3 is 2.61 bits per heavy atom. The van der Waals surface area contributed by atoms with Crippen molar-refractivity contribution in [3.05, 3.63) is 119 Å². The number of carbonyl (C=O) groups is 1. The number of hydrogen-bond acceptors (Lipinski definition) is 3. The molecule has 0 bridgehead atoms. The summed E-state index contributed by atoms with van der Waals surface area (Å²) in [6.07, 6.45) is 7.89. The minimum atomic E-state index is -0.276. The van der Waals surface area contributed by atoms with Gasteiger partial charge in [0.05, 0.1) is 29.2 Å². The van der Waals surface area contributed by atoms with Gasteiger partial charge in [0.2, 0.25) is 0 Å². The third kappa shape index (κ3) is 4.30. The molecule has 6 rings (SSSR count). The van der Waals surface area contributed by atoms with Crippen LogP contribution in [0, 0.1) is 17.2 Å². The standard InChI is InChI=1S/C32H30FN3O2/c1-32-19-22-20-34-36(26-15-13-25(33)14-16-26)29(22)18-24(32)12-11-23(32)17-28(21-7-3-2-4-8-21)35-31(38)27-9-5-6-10-30(27)37/h2-10,13-16,18,20,23,28,37H,11-12,17,19H2,1H3,(H,35,38)/t23-,28?,32-/m1/s1. The van der Waals surface area contributed by atoms with Crippen LogP contribution in [0.1, 0.15) is 59.4 Å². The van der Waals surface area contributed by atoms with Gasteiger partial charge >= 0.3 is 0 Å². The fraction of sp³-hybridized carbons (Fsp3) is 0.250. The van der Waals surface area contributed by atoms with Crippen LogP contribution in [0.4, 0.5) is 4.39 Å². The van der Waals surface area contributed by atoms with Crippen LogP contribution < -0.4 is 5.32 Å². The van der Waals surface area contributed by atoms with Crippen molar-refractivity contribution in [2.24, 2.45) is 11.3 Å². The number of nitrogens with one attached hydrogen (secondary N) is 1. The molecule has 0 radical (unpaired) electrons. The maximum Gasteiger partial charge on any atom is 0.255 e. The third-order valence-corrected chi connectivity index (χ3v) is 8.40. The van der Waals surface area contributed by atoms with E-state index in [4.69, 9.17) is 0 Å². The van der Waals surface area contributed by atoms with Crippen LogP contribution in [-0.2, 0) is 6.42 Å². The zero-order valence-electron chi connectivity index (χ0n) is 21.3. The molecular formula is C32H30FN3O2. The van der Waals surface area contributed by atoms with Crippen LogP contribution in [0.3, 0.4) is 0 Å². The Bertz CT molecular complexity index is 1510. The number of carbonyl (C=O) groups excluding carboxylic acids is 1. The summed E-state index contributed by atoms with van der Waals surface area (Å²) in [5.74, 6) is -0.206. The summed E-state index contributed by atoms with van der Waals surface area (Å²) in [4.78, 5) is 13.2. The average molecular weight is 508 g/mol. The van der Waals surface area contributed by atoms with Gasteiger partial charge in [0.15, 0.2) is 0 Å². The molecule has 3 aromatic carbocycles. The summed E-state index contributed by atoms with van der Waals surface area (Å²) in [7, 11) is 0. The quantitative estimate of drug-likeness (QED) is 0.308. The van der Waals surface area contributed by atoms with E-state index < -0.39 is 0 Å². The SMILES string of the molecule is C[C@]12Cc3cnn(-c4ccc(F)cc4)c3C=C1CC[C@@H]2CC(NC(=O)c1ccccc1O)c1ccccc1. The zero-order valence-corrected chi connectivity index (χ0v) is 21.3. The van der Waals surface area contributed by atoms with Gasteiger partial charge in [-0.3, -0.25) is 4.79 Å². The molecule has 1 heterocycles. The smallest absolute Gasteiger partial charge is 0.255 e. The maximum absolute atomic E-state index is 13.5. The molecule has 1 aromatic heterocycles. The monoisotopic (exact) mass is 507 g/mol. The molecule has 38 heavy (non-hydrogen) atoms. The number of allylic oxidation sites excluding steroid dienone is 1. The first kappa shape index (κ1) is 24.2. The first-order valence-electron chi connectivity index (χ1n) is 13.1. The molecule has 0 spiro atoms. The van der Waals surface area contributed by atoms with Crippen LogP contribution in [0.15, 0.2) is 90.6 Å². The lowest BCUT2D eigenvalue weighted by Crippen LogP contribution is -2.35. The molecule has 1 fully saturated rings. The van der Waals surface area contributed by atoms with Crippen LogP contribution in [-0.4, -0.2) is 20.8 Å². The number of hydrogen-bond donors (Lipinski definition) is 2. The van der Waals surface area contributed by atoms with E-state index >= 15 is 0 Å². The number of amides is 1. The Morgan fingerprint density at radius 2 is 1.84 bits per heavy atom. The van der Waals surface area contributed by atoms with Gasteiger partial charge in [-0.05, 0) is 90.6 Å². The zero-order chi connectivity index (χ0) is 26.3. The molecule has 2 aliphatic rings. The third-order valence-electron chi connectivity index (χ3n) is 8.40. The molecule has 1 amide bonds. The molecule has 4 aromatic rings. The van der Waals surface area contributed by atoms with E-state index in [1.165, 1.54) is 29.3 Å². The summed E-state index contributed by atoms with van der Waals surface area (Å²) in [6, 6.07) is 23.0. The molecule has 2 aliphatic carbocycles. The van der Waals surface area contributed by atoms with Crippen LogP contribution in [0.2, 0.25) is 0 Å². The lowest BCUT2D eigenvalue weighted by molar-refractivity contribution is 0.0921. The van der Waals surface area contributed by atoms with E-state index in [0.717, 1.165) is 42.6 Å². The fourth-order valence-corrected chi connectivity index (χ4v) is 6.25. The first-order valence-corrected chi connectivity index (χ1v) is 13.1. The van der Waals surface area contributed by atoms with Crippen LogP contribution in [0.25, 0.3) is 11.8 Å². The number of aromatic hydroxyl groups is 1. The van der Waals surface area contributed by atoms with E-state index in [-0.39, 0.29) is 34.5 Å². The Balaban J connectivity index is 1.28. The maximum atomic E-state index is 13.5. The van der Waals surface area contributed by atoms with Gasteiger partial charge in [0.1, 0.15) is 11.6 Å². The highest BCUT2D eigenvalue weighted by atomic mass is 19.1. The van der Waals surface area contributed by atoms with E-state index in [0.29, 0.717) is 5.92 Å². The Morgan fingerprint density at radius 1 is 1.11 bits per heavy atom. The highest BCUT2D eigenvalue weighted by Gasteiger charge is 2.46. The van der Waals surface area contributed by atoms with Crippen molar-refractivity contribution in [1.29, 1.82) is 0 Å². The normalized spacial score (nSPS) is 20.8. The van der Waals surface area contributed by atoms with E-state index in [2.05, 4.69) is 35.5 Å². The van der Waals surface area contributed by atoms with Crippen molar-refractivity contribution in [3.63, 3.8) is 0 Å². The highest BCUT2D eigenvalue weighted by molar-refractivity contribution is 5.97. The number of phenols is 1. The number of halogens is 1. The largest absolute Gasteiger partial charge is 0.507 e. The number of fused-ring (bicyclic) bond motifs is 2. The first-order chi connectivity index (χ1) is 18.4. The molecule has 192 valence electrons. The second-order valence-electron chi connectivity index (χ2n) is 10.6. The number of rotatable bonds is 6. The minimum Gasteiger partial charge on any atom is -0.507 e. The topological polar surface area (TPSA) is 67.2 Å². The molecule has 0 aliphatic heterocycles. The minimum absolute atomic E-state index is 0.0205. The van der Waals surface area contributed by atoms with Crippen molar-refractivity contribution in [3.8, 4) is 11.4 Å². The second-order valence-corrected chi connectivity index (χ2v) is 10.6. The summed E-state index contributed by atoms with van der Waals surface area (Å²) in [5.41, 5.74) is 5.78. The van der Waals surface area contributed by atoms with Crippen molar-refractivity contribution < 1.29 is 14.3 Å². The molecule has 0 saturated heterocycles. The molecule has 5 nitrogen and oxygen atoms in total. The van der Waals surface area contributed by atoms with Crippen LogP contribution >= 0.6 is 0 Å². The summed E-state index contributed by atoms with van der Waals surface area (Å²) >= 11 is 0. The second kappa shape index (κ2) is 9.60. The van der Waals surface area contributed by atoms with Gasteiger partial charge in [-0.2, -0.15) is 5.10 Å². The van der Waals surface area contributed by atoms with Crippen LogP contribution in [0.5, 0.6) is 5.75 Å². The Kier molecular flexibility index (Phi) is 6.10. The van der Waals surface area contributed by atoms with Crippen molar-refractivity contribution in [2.45, 2.75) is 38.6 Å².